The Bertz CT molecular complexity index is 1380. The molecule has 1 saturated heterocycles. The van der Waals surface area contributed by atoms with Gasteiger partial charge in [0, 0.05) is 0 Å². The van der Waals surface area contributed by atoms with Gasteiger partial charge in [-0.1, -0.05) is 24.3 Å². The maximum absolute atomic E-state index is 13.8. The minimum absolute atomic E-state index is 0.0799. The molecule has 3 heterocycles. The van der Waals surface area contributed by atoms with Crippen LogP contribution in [0.2, 0.25) is 0 Å². The van der Waals surface area contributed by atoms with Gasteiger partial charge in [-0.05, 0) is 38.8 Å². The topological polar surface area (TPSA) is 176 Å². The number of rotatable bonds is 12. The molecule has 40 heavy (non-hydrogen) atoms. The van der Waals surface area contributed by atoms with Crippen LogP contribution < -0.4 is 9.82 Å². The van der Waals surface area contributed by atoms with Crippen LogP contribution in [0, 0.1) is 6.92 Å². The van der Waals surface area contributed by atoms with Crippen molar-refractivity contribution in [3.63, 3.8) is 0 Å². The largest absolute Gasteiger partial charge is 0.479 e. The maximum atomic E-state index is 13.8. The number of esters is 1. The summed E-state index contributed by atoms with van der Waals surface area (Å²) >= 11 is 0. The summed E-state index contributed by atoms with van der Waals surface area (Å²) in [6, 6.07) is 6.35. The van der Waals surface area contributed by atoms with Gasteiger partial charge in [0.15, 0.2) is 17.4 Å². The van der Waals surface area contributed by atoms with E-state index < -0.39 is 50.4 Å². The fourth-order valence-electron chi connectivity index (χ4n) is 4.30. The predicted molar refractivity (Wildman–Crippen MR) is 141 cm³/mol. The highest BCUT2D eigenvalue weighted by molar-refractivity contribution is 7.51. The molecule has 1 aliphatic rings. The number of ether oxygens (including phenoxy) is 3. The van der Waals surface area contributed by atoms with Crippen LogP contribution in [0.25, 0.3) is 11.2 Å². The quantitative estimate of drug-likeness (QED) is 0.210. The fourth-order valence-corrected chi connectivity index (χ4v) is 5.75. The van der Waals surface area contributed by atoms with E-state index in [-0.39, 0.29) is 19.1 Å². The van der Waals surface area contributed by atoms with Crippen molar-refractivity contribution in [3.8, 4) is 5.88 Å². The van der Waals surface area contributed by atoms with Crippen molar-refractivity contribution in [2.24, 2.45) is 0 Å². The molecule has 0 aliphatic carbocycles. The summed E-state index contributed by atoms with van der Waals surface area (Å²) in [7, 11) is -2.73. The van der Waals surface area contributed by atoms with Gasteiger partial charge in [-0.25, -0.2) is 19.6 Å². The molecular weight excluding hydrogens is 545 g/mol. The zero-order valence-electron chi connectivity index (χ0n) is 22.9. The number of hydrogen-bond donors (Lipinski definition) is 3. The number of methoxy groups -OCH3 is 1. The lowest BCUT2D eigenvalue weighted by molar-refractivity contribution is -0.144. The van der Waals surface area contributed by atoms with Gasteiger partial charge in [0.25, 0.3) is 0 Å². The predicted octanol–water partition coefficient (Wildman–Crippen LogP) is 2.04. The Kier molecular flexibility index (Phi) is 9.20. The Labute approximate surface area is 231 Å². The van der Waals surface area contributed by atoms with Gasteiger partial charge in [-0.3, -0.25) is 18.4 Å². The number of nitrogens with one attached hydrogen (secondary N) is 1. The number of fused-ring (bicyclic) bond motifs is 1. The summed E-state index contributed by atoms with van der Waals surface area (Å²) < 4.78 is 42.8. The molecule has 3 aromatic rings. The summed E-state index contributed by atoms with van der Waals surface area (Å²) in [5.41, 5.74) is 0.501. The Morgan fingerprint density at radius 1 is 1.27 bits per heavy atom. The van der Waals surface area contributed by atoms with E-state index in [1.54, 1.807) is 6.92 Å². The van der Waals surface area contributed by atoms with Gasteiger partial charge >= 0.3 is 13.7 Å². The van der Waals surface area contributed by atoms with Crippen molar-refractivity contribution in [2.75, 3.05) is 20.3 Å². The smallest absolute Gasteiger partial charge is 0.406 e. The summed E-state index contributed by atoms with van der Waals surface area (Å²) in [6.07, 6.45) is -1.09. The average Bonchev–Trinajstić information content (AvgIpc) is 3.45. The minimum Gasteiger partial charge on any atom is -0.479 e. The second-order valence-corrected chi connectivity index (χ2v) is 11.3. The first-order valence-corrected chi connectivity index (χ1v) is 14.2. The number of aliphatic hydroxyl groups is 2. The fraction of sp³-hybridized carbons (Fsp3) is 0.520. The van der Waals surface area contributed by atoms with Gasteiger partial charge in [-0.2, -0.15) is 4.98 Å². The molecule has 1 aromatic carbocycles. The van der Waals surface area contributed by atoms with E-state index in [1.807, 2.05) is 31.2 Å². The minimum atomic E-state index is -4.17. The molecule has 1 aliphatic heterocycles. The number of carbonyl (C=O) groups excluding carboxylic acids is 1. The van der Waals surface area contributed by atoms with E-state index in [9.17, 15) is 19.6 Å². The lowest BCUT2D eigenvalue weighted by Gasteiger charge is -2.27. The molecule has 0 spiro atoms. The van der Waals surface area contributed by atoms with Crippen LogP contribution in [0.5, 0.6) is 5.88 Å². The number of carbonyl (C=O) groups is 1. The van der Waals surface area contributed by atoms with E-state index in [1.165, 1.54) is 38.2 Å². The Hall–Kier alpha value is -2.97. The normalized spacial score (nSPS) is 25.0. The molecule has 0 radical (unpaired) electrons. The van der Waals surface area contributed by atoms with Crippen LogP contribution >= 0.6 is 7.75 Å². The zero-order chi connectivity index (χ0) is 29.1. The van der Waals surface area contributed by atoms with E-state index in [0.717, 1.165) is 11.1 Å². The molecule has 218 valence electrons. The molecule has 0 bridgehead atoms. The van der Waals surface area contributed by atoms with Crippen LogP contribution in [-0.2, 0) is 34.5 Å². The average molecular weight is 580 g/mol. The summed E-state index contributed by atoms with van der Waals surface area (Å²) in [4.78, 5) is 24.7. The maximum Gasteiger partial charge on any atom is 0.406 e. The number of imidazole rings is 1. The number of aliphatic hydroxyl groups excluding tert-OH is 1. The molecule has 3 N–H and O–H groups in total. The van der Waals surface area contributed by atoms with Gasteiger partial charge in [0.1, 0.15) is 30.2 Å². The Morgan fingerprint density at radius 3 is 2.73 bits per heavy atom. The SMILES string of the molecule is CCOC(=O)[C@H](C)NP(=O)(OCc1ccccc1C)OC[C@H]1O[C@@H](n2cnc3c(OC)ncnc32)[C@](C)(O)[C@@H]1O. The molecule has 14 nitrogen and oxygen atoms in total. The van der Waals surface area contributed by atoms with Crippen LogP contribution in [0.4, 0.5) is 0 Å². The molecule has 15 heteroatoms. The van der Waals surface area contributed by atoms with Crippen molar-refractivity contribution in [1.29, 1.82) is 0 Å². The van der Waals surface area contributed by atoms with Crippen LogP contribution in [0.15, 0.2) is 36.9 Å². The molecule has 0 saturated carbocycles. The van der Waals surface area contributed by atoms with Crippen molar-refractivity contribution < 1.29 is 42.8 Å². The molecular formula is C25H34N5O9P. The second-order valence-electron chi connectivity index (χ2n) is 9.50. The van der Waals surface area contributed by atoms with Crippen molar-refractivity contribution in [1.82, 2.24) is 24.6 Å². The first kappa shape index (κ1) is 30.0. The molecule has 1 unspecified atom stereocenters. The summed E-state index contributed by atoms with van der Waals surface area (Å²) in [5, 5.41) is 24.8. The number of aryl methyl sites for hydroxylation is 1. The third-order valence-electron chi connectivity index (χ3n) is 6.58. The van der Waals surface area contributed by atoms with E-state index >= 15 is 0 Å². The van der Waals surface area contributed by atoms with Crippen LogP contribution in [0.3, 0.4) is 0 Å². The number of hydrogen-bond acceptors (Lipinski definition) is 12. The first-order chi connectivity index (χ1) is 19.0. The monoisotopic (exact) mass is 579 g/mol. The van der Waals surface area contributed by atoms with Gasteiger partial charge in [0.05, 0.1) is 33.3 Å². The standard InChI is InChI=1S/C25H34N5O9P/c1-6-36-23(32)16(3)29-40(34,37-11-17-10-8-7-9-15(17)2)38-12-18-20(31)25(4,33)24(39-18)30-14-28-19-21(30)26-13-27-22(19)35-5/h7-10,13-14,16,18,20,24,31,33H,6,11-12H2,1-5H3,(H,29,34)/t16-,18+,20+,24+,25+,40?/m0/s1. The highest BCUT2D eigenvalue weighted by atomic mass is 31.2. The lowest BCUT2D eigenvalue weighted by Crippen LogP contribution is -2.44. The lowest BCUT2D eigenvalue weighted by atomic mass is 9.96. The van der Waals surface area contributed by atoms with Crippen molar-refractivity contribution in [3.05, 3.63) is 48.0 Å². The van der Waals surface area contributed by atoms with Gasteiger partial charge in [0.2, 0.25) is 5.88 Å². The Morgan fingerprint density at radius 2 is 2.02 bits per heavy atom. The third kappa shape index (κ3) is 6.18. The highest BCUT2D eigenvalue weighted by Crippen LogP contribution is 2.47. The molecule has 6 atom stereocenters. The summed E-state index contributed by atoms with van der Waals surface area (Å²) in [6.45, 7) is 6.00. The third-order valence-corrected chi connectivity index (χ3v) is 8.24. The van der Waals surface area contributed by atoms with Crippen molar-refractivity contribution in [2.45, 2.75) is 64.4 Å². The van der Waals surface area contributed by atoms with Gasteiger partial charge < -0.3 is 24.4 Å². The molecule has 4 rings (SSSR count). The van der Waals surface area contributed by atoms with Gasteiger partial charge in [-0.15, -0.1) is 0 Å². The van der Waals surface area contributed by atoms with E-state index in [0.29, 0.717) is 11.2 Å². The van der Waals surface area contributed by atoms with Crippen LogP contribution in [0.1, 0.15) is 38.1 Å². The summed E-state index contributed by atoms with van der Waals surface area (Å²) in [5.74, 6) is -0.411. The number of aromatic nitrogens is 4. The molecule has 1 fully saturated rings. The van der Waals surface area contributed by atoms with Crippen LogP contribution in [-0.4, -0.2) is 79.9 Å². The first-order valence-electron chi connectivity index (χ1n) is 12.7. The van der Waals surface area contributed by atoms with E-state index in [4.69, 9.17) is 23.3 Å². The molecule has 0 amide bonds. The zero-order valence-corrected chi connectivity index (χ0v) is 23.8. The van der Waals surface area contributed by atoms with E-state index in [2.05, 4.69) is 20.0 Å². The second kappa shape index (κ2) is 12.3. The Balaban J connectivity index is 1.53. The highest BCUT2D eigenvalue weighted by Gasteiger charge is 2.54. The molecule has 2 aromatic heterocycles. The number of benzene rings is 1. The van der Waals surface area contributed by atoms with Crippen molar-refractivity contribution >= 4 is 24.9 Å². The number of nitrogens with zero attached hydrogens (tertiary/aromatic N) is 4.